The maximum Gasteiger partial charge on any atom is 0.290 e. The minimum Gasteiger partial charge on any atom is -0.367 e. The Balaban J connectivity index is 2.07. The second-order valence-electron chi connectivity index (χ2n) is 5.39. The van der Waals surface area contributed by atoms with Crippen molar-refractivity contribution in [1.82, 2.24) is 9.88 Å². The minimum atomic E-state index is -0.399. The van der Waals surface area contributed by atoms with Crippen LogP contribution in [0.25, 0.3) is 0 Å². The van der Waals surface area contributed by atoms with Crippen LogP contribution in [0.5, 0.6) is 0 Å². The zero-order valence-corrected chi connectivity index (χ0v) is 11.6. The van der Waals surface area contributed by atoms with Gasteiger partial charge < -0.3 is 10.2 Å². The lowest BCUT2D eigenvalue weighted by Gasteiger charge is -2.35. The van der Waals surface area contributed by atoms with E-state index in [1.165, 1.54) is 6.20 Å². The Bertz CT molecular complexity index is 478. The number of anilines is 1. The molecule has 0 saturated carbocycles. The topological polar surface area (TPSA) is 71.3 Å². The third-order valence-electron chi connectivity index (χ3n) is 3.72. The average molecular weight is 264 g/mol. The highest BCUT2D eigenvalue weighted by molar-refractivity contribution is 5.47. The molecule has 19 heavy (non-hydrogen) atoms. The van der Waals surface area contributed by atoms with Gasteiger partial charge in [-0.2, -0.15) is 0 Å². The Hall–Kier alpha value is -1.69. The molecule has 6 heteroatoms. The summed E-state index contributed by atoms with van der Waals surface area (Å²) in [5.74, 6) is 1.26. The highest BCUT2D eigenvalue weighted by Crippen LogP contribution is 2.23. The molecule has 2 heterocycles. The Morgan fingerprint density at radius 1 is 1.58 bits per heavy atom. The summed E-state index contributed by atoms with van der Waals surface area (Å²) in [6.07, 6.45) is 2.40. The largest absolute Gasteiger partial charge is 0.367 e. The molecule has 6 nitrogen and oxygen atoms in total. The molecule has 0 aromatic carbocycles. The lowest BCUT2D eigenvalue weighted by Crippen LogP contribution is -2.43. The number of nitrogens with zero attached hydrogens (tertiary/aromatic N) is 3. The molecular weight excluding hydrogens is 244 g/mol. The second-order valence-corrected chi connectivity index (χ2v) is 5.39. The van der Waals surface area contributed by atoms with Gasteiger partial charge in [0.1, 0.15) is 12.0 Å². The maximum atomic E-state index is 10.8. The molecule has 1 aromatic heterocycles. The predicted octanol–water partition coefficient (Wildman–Crippen LogP) is 2.05. The van der Waals surface area contributed by atoms with E-state index in [0.717, 1.165) is 25.3 Å². The van der Waals surface area contributed by atoms with Crippen molar-refractivity contribution in [3.8, 4) is 0 Å². The molecule has 0 spiro atoms. The van der Waals surface area contributed by atoms with Crippen LogP contribution in [0, 0.1) is 23.0 Å². The van der Waals surface area contributed by atoms with E-state index in [0.29, 0.717) is 17.5 Å². The Labute approximate surface area is 113 Å². The predicted molar refractivity (Wildman–Crippen MR) is 74.3 cm³/mol. The zero-order valence-electron chi connectivity index (χ0n) is 11.6. The number of pyridine rings is 1. The van der Waals surface area contributed by atoms with Gasteiger partial charge in [0.25, 0.3) is 5.69 Å². The number of nitrogens with one attached hydrogen (secondary N) is 1. The van der Waals surface area contributed by atoms with Crippen LogP contribution in [-0.2, 0) is 0 Å². The molecule has 0 aliphatic carbocycles. The summed E-state index contributed by atoms with van der Waals surface area (Å²) in [6.45, 7) is 6.08. The number of likely N-dealkylation sites (tertiary alicyclic amines) is 1. The number of rotatable bonds is 3. The van der Waals surface area contributed by atoms with Crippen LogP contribution in [0.3, 0.4) is 0 Å². The van der Waals surface area contributed by atoms with Crippen molar-refractivity contribution in [3.05, 3.63) is 27.9 Å². The van der Waals surface area contributed by atoms with E-state index in [9.17, 15) is 10.1 Å². The minimum absolute atomic E-state index is 0.0713. The van der Waals surface area contributed by atoms with Crippen molar-refractivity contribution in [2.45, 2.75) is 26.3 Å². The molecule has 104 valence electrons. The lowest BCUT2D eigenvalue weighted by atomic mass is 9.94. The highest BCUT2D eigenvalue weighted by atomic mass is 16.6. The Morgan fingerprint density at radius 2 is 2.32 bits per heavy atom. The fourth-order valence-corrected chi connectivity index (χ4v) is 2.58. The maximum absolute atomic E-state index is 10.8. The van der Waals surface area contributed by atoms with Crippen molar-refractivity contribution >= 4 is 11.5 Å². The smallest absolute Gasteiger partial charge is 0.290 e. The van der Waals surface area contributed by atoms with Gasteiger partial charge in [-0.25, -0.2) is 4.98 Å². The van der Waals surface area contributed by atoms with Crippen molar-refractivity contribution in [1.29, 1.82) is 0 Å². The molecule has 1 aliphatic heterocycles. The van der Waals surface area contributed by atoms with E-state index in [-0.39, 0.29) is 5.69 Å². The normalized spacial score (nSPS) is 24.2. The summed E-state index contributed by atoms with van der Waals surface area (Å²) in [4.78, 5) is 16.8. The first-order valence-electron chi connectivity index (χ1n) is 6.53. The van der Waals surface area contributed by atoms with Crippen molar-refractivity contribution in [2.75, 3.05) is 25.5 Å². The number of aryl methyl sites for hydroxylation is 1. The molecule has 1 aliphatic rings. The molecule has 1 fully saturated rings. The van der Waals surface area contributed by atoms with Crippen LogP contribution >= 0.6 is 0 Å². The third kappa shape index (κ3) is 3.20. The van der Waals surface area contributed by atoms with Crippen molar-refractivity contribution < 1.29 is 4.92 Å². The van der Waals surface area contributed by atoms with Gasteiger partial charge in [0.2, 0.25) is 0 Å². The number of nitro groups is 1. The van der Waals surface area contributed by atoms with E-state index in [2.05, 4.69) is 29.2 Å². The third-order valence-corrected chi connectivity index (χ3v) is 3.72. The van der Waals surface area contributed by atoms with E-state index in [4.69, 9.17) is 0 Å². The van der Waals surface area contributed by atoms with Gasteiger partial charge in [0.15, 0.2) is 0 Å². The molecular formula is C13H20N4O2. The molecule has 0 amide bonds. The first kappa shape index (κ1) is 13.7. The second kappa shape index (κ2) is 5.52. The fourth-order valence-electron chi connectivity index (χ4n) is 2.58. The quantitative estimate of drug-likeness (QED) is 0.668. The Kier molecular flexibility index (Phi) is 3.99. The van der Waals surface area contributed by atoms with E-state index >= 15 is 0 Å². The number of piperidine rings is 1. The fraction of sp³-hybridized carbons (Fsp3) is 0.615. The first-order chi connectivity index (χ1) is 8.97. The molecule has 2 rings (SSSR count). The number of aromatic nitrogens is 1. The van der Waals surface area contributed by atoms with Gasteiger partial charge in [-0.05, 0) is 38.9 Å². The number of hydrogen-bond donors (Lipinski definition) is 1. The van der Waals surface area contributed by atoms with E-state index in [1.807, 2.05) is 0 Å². The molecule has 0 bridgehead atoms. The summed E-state index contributed by atoms with van der Waals surface area (Å²) in [5, 5.41) is 14.1. The molecule has 1 aromatic rings. The zero-order chi connectivity index (χ0) is 14.0. The van der Waals surface area contributed by atoms with Crippen LogP contribution in [-0.4, -0.2) is 41.0 Å². The molecule has 0 radical (unpaired) electrons. The summed E-state index contributed by atoms with van der Waals surface area (Å²) in [6, 6.07) is 2.13. The van der Waals surface area contributed by atoms with Crippen LogP contribution in [0.4, 0.5) is 11.5 Å². The van der Waals surface area contributed by atoms with Gasteiger partial charge in [-0.3, -0.25) is 10.1 Å². The van der Waals surface area contributed by atoms with Crippen LogP contribution in [0.2, 0.25) is 0 Å². The molecule has 2 atom stereocenters. The Morgan fingerprint density at radius 3 is 2.89 bits per heavy atom. The van der Waals surface area contributed by atoms with Crippen LogP contribution in [0.15, 0.2) is 12.3 Å². The molecule has 1 saturated heterocycles. The highest BCUT2D eigenvalue weighted by Gasteiger charge is 2.24. The number of hydrogen-bond acceptors (Lipinski definition) is 5. The summed E-state index contributed by atoms with van der Waals surface area (Å²) < 4.78 is 0. The summed E-state index contributed by atoms with van der Waals surface area (Å²) >= 11 is 0. The van der Waals surface area contributed by atoms with Gasteiger partial charge in [0.05, 0.1) is 4.92 Å². The summed E-state index contributed by atoms with van der Waals surface area (Å²) in [5.41, 5.74) is 0.713. The van der Waals surface area contributed by atoms with Crippen molar-refractivity contribution in [2.24, 2.45) is 5.92 Å². The van der Waals surface area contributed by atoms with Crippen LogP contribution < -0.4 is 5.32 Å². The van der Waals surface area contributed by atoms with Gasteiger partial charge in [0, 0.05) is 18.2 Å². The molecule has 2 unspecified atom stereocenters. The molecule has 1 N–H and O–H groups in total. The lowest BCUT2D eigenvalue weighted by molar-refractivity contribution is -0.385. The van der Waals surface area contributed by atoms with Gasteiger partial charge in [-0.15, -0.1) is 0 Å². The monoisotopic (exact) mass is 264 g/mol. The summed E-state index contributed by atoms with van der Waals surface area (Å²) in [7, 11) is 2.13. The van der Waals surface area contributed by atoms with Crippen LogP contribution in [0.1, 0.15) is 18.9 Å². The van der Waals surface area contributed by atoms with E-state index < -0.39 is 4.92 Å². The van der Waals surface area contributed by atoms with Gasteiger partial charge >= 0.3 is 0 Å². The van der Waals surface area contributed by atoms with Crippen molar-refractivity contribution in [3.63, 3.8) is 0 Å². The van der Waals surface area contributed by atoms with E-state index in [1.54, 1.807) is 13.0 Å². The average Bonchev–Trinajstić information content (AvgIpc) is 2.32. The SMILES string of the molecule is Cc1cc(NC2CCN(C)CC2C)ncc1[N+](=O)[O-]. The standard InChI is InChI=1S/C13H20N4O2/c1-9-6-13(14-7-12(9)17(18)19)15-11-4-5-16(3)8-10(11)2/h6-7,10-11H,4-5,8H2,1-3H3,(H,14,15). The first-order valence-corrected chi connectivity index (χ1v) is 6.53. The van der Waals surface area contributed by atoms with Gasteiger partial charge in [-0.1, -0.05) is 6.92 Å².